The number of fused-ring (bicyclic) bond motifs is 3. The highest BCUT2D eigenvalue weighted by atomic mass is 79.9. The number of aryl methyl sites for hydroxylation is 1. The van der Waals surface area contributed by atoms with Crippen molar-refractivity contribution in [3.05, 3.63) is 184 Å². The van der Waals surface area contributed by atoms with Crippen LogP contribution in [0.4, 0.5) is 0 Å². The molecule has 3 aromatic heterocycles. The van der Waals surface area contributed by atoms with E-state index in [1.165, 1.54) is 32.9 Å². The molecule has 1 aliphatic heterocycles. The average molecular weight is 723 g/mol. The van der Waals surface area contributed by atoms with E-state index in [-0.39, 0.29) is 11.6 Å². The molecular weight excluding hydrogens is 695 g/mol. The van der Waals surface area contributed by atoms with Crippen LogP contribution in [0.2, 0.25) is 0 Å². The SMILES string of the molecule is O=c1/c(=C\c2cc(-c3ccccc3)n(-c3ccc(Br)cc3)c2-c2ccccc2)sc2n1[C@H](c1cccs1)C1=C(N=2)c2ccccc2CC1. The van der Waals surface area contributed by atoms with E-state index < -0.39 is 0 Å². The first-order chi connectivity index (χ1) is 23.6. The fourth-order valence-electron chi connectivity index (χ4n) is 7.07. The summed E-state index contributed by atoms with van der Waals surface area (Å²) in [6.07, 6.45) is 3.91. The van der Waals surface area contributed by atoms with Gasteiger partial charge in [-0.05, 0) is 83.0 Å². The van der Waals surface area contributed by atoms with Crippen LogP contribution in [0.3, 0.4) is 0 Å². The molecule has 9 rings (SSSR count). The molecule has 0 saturated heterocycles. The molecule has 7 aromatic rings. The molecule has 0 saturated carbocycles. The first kappa shape index (κ1) is 29.3. The van der Waals surface area contributed by atoms with Crippen LogP contribution in [0.1, 0.15) is 34.0 Å². The summed E-state index contributed by atoms with van der Waals surface area (Å²) in [5.74, 6) is 0. The Labute approximate surface area is 294 Å². The lowest BCUT2D eigenvalue weighted by atomic mass is 9.85. The second-order valence-electron chi connectivity index (χ2n) is 12.0. The molecule has 48 heavy (non-hydrogen) atoms. The van der Waals surface area contributed by atoms with Crippen LogP contribution < -0.4 is 14.9 Å². The van der Waals surface area contributed by atoms with Gasteiger partial charge in [-0.3, -0.25) is 9.36 Å². The largest absolute Gasteiger partial charge is 0.309 e. The van der Waals surface area contributed by atoms with Gasteiger partial charge >= 0.3 is 0 Å². The highest BCUT2D eigenvalue weighted by Gasteiger charge is 2.33. The Kier molecular flexibility index (Phi) is 7.34. The van der Waals surface area contributed by atoms with Gasteiger partial charge in [-0.1, -0.05) is 118 Å². The van der Waals surface area contributed by atoms with E-state index in [0.29, 0.717) is 4.53 Å². The van der Waals surface area contributed by atoms with Crippen molar-refractivity contribution in [1.29, 1.82) is 0 Å². The molecule has 0 bridgehead atoms. The Morgan fingerprint density at radius 3 is 2.27 bits per heavy atom. The van der Waals surface area contributed by atoms with Gasteiger partial charge in [0, 0.05) is 26.2 Å². The number of nitrogens with zero attached hydrogens (tertiary/aromatic N) is 3. The van der Waals surface area contributed by atoms with E-state index in [9.17, 15) is 4.79 Å². The summed E-state index contributed by atoms with van der Waals surface area (Å²) in [6.45, 7) is 0. The molecule has 0 radical (unpaired) electrons. The van der Waals surface area contributed by atoms with Gasteiger partial charge in [-0.25, -0.2) is 4.99 Å². The minimum Gasteiger partial charge on any atom is -0.309 e. The zero-order valence-corrected chi connectivity index (χ0v) is 28.9. The molecule has 4 heterocycles. The van der Waals surface area contributed by atoms with E-state index >= 15 is 0 Å². The highest BCUT2D eigenvalue weighted by molar-refractivity contribution is 9.10. The Morgan fingerprint density at radius 2 is 1.52 bits per heavy atom. The third-order valence-corrected chi connectivity index (χ3v) is 11.6. The monoisotopic (exact) mass is 721 g/mol. The number of aromatic nitrogens is 2. The maximum absolute atomic E-state index is 14.6. The lowest BCUT2D eigenvalue weighted by molar-refractivity contribution is 0.593. The molecule has 0 fully saturated rings. The Morgan fingerprint density at radius 1 is 0.792 bits per heavy atom. The van der Waals surface area contributed by atoms with Crippen LogP contribution in [-0.2, 0) is 6.42 Å². The fourth-order valence-corrected chi connectivity index (χ4v) is 9.17. The second-order valence-corrected chi connectivity index (χ2v) is 14.9. The number of thiophene rings is 1. The summed E-state index contributed by atoms with van der Waals surface area (Å²) in [4.78, 5) is 21.8. The fraction of sp³-hybridized carbons (Fsp3) is 0.0732. The molecule has 1 atom stereocenters. The van der Waals surface area contributed by atoms with Crippen molar-refractivity contribution in [2.24, 2.45) is 4.99 Å². The predicted molar refractivity (Wildman–Crippen MR) is 201 cm³/mol. The molecule has 0 unspecified atom stereocenters. The topological polar surface area (TPSA) is 39.3 Å². The average Bonchev–Trinajstić information content (AvgIpc) is 3.87. The second kappa shape index (κ2) is 12.0. The zero-order chi connectivity index (χ0) is 32.2. The quantitative estimate of drug-likeness (QED) is 0.175. The predicted octanol–water partition coefficient (Wildman–Crippen LogP) is 9.27. The van der Waals surface area contributed by atoms with Crippen LogP contribution in [0.15, 0.2) is 153 Å². The molecule has 7 heteroatoms. The Hall–Kier alpha value is -4.82. The number of halogens is 1. The van der Waals surface area contributed by atoms with Crippen LogP contribution in [0.25, 0.3) is 40.0 Å². The van der Waals surface area contributed by atoms with E-state index in [1.807, 2.05) is 16.7 Å². The van der Waals surface area contributed by atoms with Crippen LogP contribution in [0, 0.1) is 0 Å². The summed E-state index contributed by atoms with van der Waals surface area (Å²) in [5, 5.41) is 2.10. The third-order valence-electron chi connectivity index (χ3n) is 9.20. The normalized spacial score (nSPS) is 15.5. The van der Waals surface area contributed by atoms with Gasteiger partial charge in [-0.15, -0.1) is 11.3 Å². The van der Waals surface area contributed by atoms with Crippen molar-refractivity contribution in [3.63, 3.8) is 0 Å². The lowest BCUT2D eigenvalue weighted by Crippen LogP contribution is -2.38. The van der Waals surface area contributed by atoms with Crippen molar-refractivity contribution in [1.82, 2.24) is 9.13 Å². The molecule has 4 aromatic carbocycles. The first-order valence-electron chi connectivity index (χ1n) is 15.9. The van der Waals surface area contributed by atoms with E-state index in [1.54, 1.807) is 11.3 Å². The van der Waals surface area contributed by atoms with Crippen LogP contribution >= 0.6 is 38.6 Å². The van der Waals surface area contributed by atoms with Crippen LogP contribution in [0.5, 0.6) is 0 Å². The summed E-state index contributed by atoms with van der Waals surface area (Å²) < 4.78 is 5.95. The molecule has 0 amide bonds. The van der Waals surface area contributed by atoms with Gasteiger partial charge in [-0.2, -0.15) is 0 Å². The molecule has 0 N–H and O–H groups in total. The smallest absolute Gasteiger partial charge is 0.271 e. The number of thiazole rings is 1. The molecule has 232 valence electrons. The molecule has 4 nitrogen and oxygen atoms in total. The van der Waals surface area contributed by atoms with Gasteiger partial charge < -0.3 is 4.57 Å². The van der Waals surface area contributed by atoms with Crippen LogP contribution in [-0.4, -0.2) is 9.13 Å². The minimum atomic E-state index is -0.160. The highest BCUT2D eigenvalue weighted by Crippen LogP contribution is 2.42. The van der Waals surface area contributed by atoms with Crippen molar-refractivity contribution >= 4 is 50.4 Å². The summed E-state index contributed by atoms with van der Waals surface area (Å²) in [5.41, 5.74) is 11.0. The van der Waals surface area contributed by atoms with Crippen molar-refractivity contribution in [2.45, 2.75) is 18.9 Å². The number of rotatable bonds is 5. The molecule has 1 aliphatic carbocycles. The van der Waals surface area contributed by atoms with Gasteiger partial charge in [0.25, 0.3) is 5.56 Å². The van der Waals surface area contributed by atoms with Crippen molar-refractivity contribution < 1.29 is 0 Å². The van der Waals surface area contributed by atoms with Crippen molar-refractivity contribution in [2.75, 3.05) is 0 Å². The van der Waals surface area contributed by atoms with Gasteiger partial charge in [0.05, 0.1) is 27.7 Å². The molecular formula is C41H28BrN3OS2. The van der Waals surface area contributed by atoms with Gasteiger partial charge in [0.15, 0.2) is 4.80 Å². The summed E-state index contributed by atoms with van der Waals surface area (Å²) in [6, 6.07) is 44.2. The lowest BCUT2D eigenvalue weighted by Gasteiger charge is -2.30. The molecule has 2 aliphatic rings. The zero-order valence-electron chi connectivity index (χ0n) is 25.7. The maximum Gasteiger partial charge on any atom is 0.271 e. The standard InChI is InChI=1S/C41H28BrN3OS2/c42-30-18-20-31(21-19-30)44-34(27-11-3-1-4-12-27)24-29(38(44)28-13-5-2-6-14-28)25-36-40(46)45-39(35-16-9-23-47-35)33-22-17-26-10-7-8-15-32(26)37(33)43-41(45)48-36/h1-16,18-21,23-25,39H,17,22H2/b36-25+/t39-/m0/s1. The third kappa shape index (κ3) is 4.93. The Bertz CT molecular complexity index is 2520. The molecule has 0 spiro atoms. The van der Waals surface area contributed by atoms with Crippen molar-refractivity contribution in [3.8, 4) is 28.2 Å². The number of benzene rings is 4. The maximum atomic E-state index is 14.6. The minimum absolute atomic E-state index is 0.000719. The summed E-state index contributed by atoms with van der Waals surface area (Å²) >= 11 is 6.81. The van der Waals surface area contributed by atoms with E-state index in [2.05, 4.69) is 147 Å². The van der Waals surface area contributed by atoms with E-state index in [0.717, 1.165) is 61.6 Å². The van der Waals surface area contributed by atoms with Gasteiger partial charge in [0.1, 0.15) is 0 Å². The van der Waals surface area contributed by atoms with Gasteiger partial charge in [0.2, 0.25) is 0 Å². The number of hydrogen-bond acceptors (Lipinski definition) is 4. The Balaban J connectivity index is 1.32. The number of hydrogen-bond donors (Lipinski definition) is 0. The first-order valence-corrected chi connectivity index (χ1v) is 18.4. The number of allylic oxidation sites excluding steroid dienone is 1. The van der Waals surface area contributed by atoms with E-state index in [4.69, 9.17) is 4.99 Å². The summed E-state index contributed by atoms with van der Waals surface area (Å²) in [7, 11) is 0.